The molecule has 4 heteroatoms. The van der Waals surface area contributed by atoms with Crippen LogP contribution in [0.5, 0.6) is 0 Å². The number of aromatic nitrogens is 1. The van der Waals surface area contributed by atoms with Crippen molar-refractivity contribution in [2.24, 2.45) is 0 Å². The lowest BCUT2D eigenvalue weighted by Crippen LogP contribution is -2.17. The van der Waals surface area contributed by atoms with E-state index in [0.717, 1.165) is 29.5 Å². The molecule has 0 N–H and O–H groups in total. The van der Waals surface area contributed by atoms with Crippen molar-refractivity contribution < 1.29 is 0 Å². The molecule has 1 rings (SSSR count). The van der Waals surface area contributed by atoms with Crippen LogP contribution in [-0.4, -0.2) is 29.2 Å². The molecule has 0 aliphatic rings. The lowest BCUT2D eigenvalue weighted by molar-refractivity contribution is 0.359. The lowest BCUT2D eigenvalue weighted by atomic mass is 10.4. The van der Waals surface area contributed by atoms with E-state index in [1.807, 2.05) is 6.92 Å². The number of hydrogen-bond acceptors (Lipinski definition) is 4. The van der Waals surface area contributed by atoms with Crippen LogP contribution in [0.3, 0.4) is 0 Å². The van der Waals surface area contributed by atoms with Crippen molar-refractivity contribution in [1.82, 2.24) is 9.88 Å². The highest BCUT2D eigenvalue weighted by Crippen LogP contribution is 2.09. The van der Waals surface area contributed by atoms with Crippen LogP contribution in [0.1, 0.15) is 10.7 Å². The van der Waals surface area contributed by atoms with Crippen molar-refractivity contribution in [1.29, 1.82) is 0 Å². The normalized spacial score (nSPS) is 11.7. The minimum absolute atomic E-state index is 0.809. The summed E-state index contributed by atoms with van der Waals surface area (Å²) in [5, 5.41) is 3.26. The third-order valence-corrected chi connectivity index (χ3v) is 2.82. The fourth-order valence-corrected chi connectivity index (χ4v) is 1.90. The third kappa shape index (κ3) is 4.26. The molecule has 0 aliphatic carbocycles. The largest absolute Gasteiger partial charge is 0.297 e. The topological polar surface area (TPSA) is 16.1 Å². The van der Waals surface area contributed by atoms with Gasteiger partial charge in [-0.1, -0.05) is 12.2 Å². The Morgan fingerprint density at radius 1 is 1.57 bits per heavy atom. The van der Waals surface area contributed by atoms with E-state index in [1.165, 1.54) is 0 Å². The molecule has 0 radical (unpaired) electrons. The second-order valence-electron chi connectivity index (χ2n) is 3.21. The van der Waals surface area contributed by atoms with Crippen LogP contribution < -0.4 is 0 Å². The van der Waals surface area contributed by atoms with Gasteiger partial charge in [-0.2, -0.15) is 12.6 Å². The summed E-state index contributed by atoms with van der Waals surface area (Å²) in [6, 6.07) is 0. The van der Waals surface area contributed by atoms with Gasteiger partial charge in [-0.25, -0.2) is 4.98 Å². The van der Waals surface area contributed by atoms with E-state index in [1.54, 1.807) is 11.3 Å². The van der Waals surface area contributed by atoms with E-state index >= 15 is 0 Å². The number of nitrogens with zero attached hydrogens (tertiary/aromatic N) is 2. The molecule has 78 valence electrons. The molecule has 0 aromatic carbocycles. The maximum absolute atomic E-state index is 4.42. The molecule has 0 spiro atoms. The van der Waals surface area contributed by atoms with Crippen LogP contribution in [0.15, 0.2) is 17.5 Å². The molecule has 1 heterocycles. The molecule has 0 fully saturated rings. The molecule has 1 aromatic rings. The van der Waals surface area contributed by atoms with Crippen molar-refractivity contribution in [3.63, 3.8) is 0 Å². The monoisotopic (exact) mass is 228 g/mol. The maximum atomic E-state index is 4.42. The summed E-state index contributed by atoms with van der Waals surface area (Å²) in [7, 11) is 2.09. The van der Waals surface area contributed by atoms with Crippen LogP contribution in [0.4, 0.5) is 0 Å². The summed E-state index contributed by atoms with van der Waals surface area (Å²) in [6.07, 6.45) is 4.19. The van der Waals surface area contributed by atoms with Crippen molar-refractivity contribution >= 4 is 24.0 Å². The third-order valence-electron chi connectivity index (χ3n) is 1.79. The highest BCUT2D eigenvalue weighted by Gasteiger charge is 2.01. The molecule has 0 atom stereocenters. The van der Waals surface area contributed by atoms with E-state index in [-0.39, 0.29) is 0 Å². The fraction of sp³-hybridized carbons (Fsp3) is 0.500. The molecule has 14 heavy (non-hydrogen) atoms. The van der Waals surface area contributed by atoms with Crippen molar-refractivity contribution in [2.45, 2.75) is 13.5 Å². The average molecular weight is 228 g/mol. The van der Waals surface area contributed by atoms with Gasteiger partial charge in [0.25, 0.3) is 0 Å². The SMILES string of the molecule is Cc1nc(CN(C)CC=CCS)cs1. The molecular formula is C10H16N2S2. The fourth-order valence-electron chi connectivity index (χ4n) is 1.15. The Balaban J connectivity index is 2.33. The summed E-state index contributed by atoms with van der Waals surface area (Å²) in [5.41, 5.74) is 1.16. The second-order valence-corrected chi connectivity index (χ2v) is 4.64. The Bertz CT molecular complexity index is 294. The van der Waals surface area contributed by atoms with E-state index in [4.69, 9.17) is 0 Å². The Morgan fingerprint density at radius 2 is 2.36 bits per heavy atom. The number of thiol groups is 1. The number of likely N-dealkylation sites (N-methyl/N-ethyl adjacent to an activating group) is 1. The Hall–Kier alpha value is -0.320. The highest BCUT2D eigenvalue weighted by molar-refractivity contribution is 7.80. The predicted molar refractivity (Wildman–Crippen MR) is 66.2 cm³/mol. The summed E-state index contributed by atoms with van der Waals surface area (Å²) < 4.78 is 0. The van der Waals surface area contributed by atoms with Gasteiger partial charge < -0.3 is 0 Å². The van der Waals surface area contributed by atoms with Crippen molar-refractivity contribution in [3.05, 3.63) is 28.2 Å². The van der Waals surface area contributed by atoms with E-state index in [0.29, 0.717) is 0 Å². The lowest BCUT2D eigenvalue weighted by Gasteiger charge is -2.11. The van der Waals surface area contributed by atoms with Gasteiger partial charge in [0.2, 0.25) is 0 Å². The average Bonchev–Trinajstić information content (AvgIpc) is 2.52. The molecule has 1 aromatic heterocycles. The first kappa shape index (κ1) is 11.8. The molecule has 0 bridgehead atoms. The summed E-state index contributed by atoms with van der Waals surface area (Å²) >= 11 is 5.82. The van der Waals surface area contributed by atoms with Crippen LogP contribution >= 0.6 is 24.0 Å². The van der Waals surface area contributed by atoms with E-state index in [9.17, 15) is 0 Å². The van der Waals surface area contributed by atoms with Gasteiger partial charge in [-0.05, 0) is 14.0 Å². The number of hydrogen-bond donors (Lipinski definition) is 1. The summed E-state index contributed by atoms with van der Waals surface area (Å²) in [6.45, 7) is 3.91. The number of aryl methyl sites for hydroxylation is 1. The number of rotatable bonds is 5. The molecule has 0 saturated heterocycles. The van der Waals surface area contributed by atoms with Gasteiger partial charge in [-0.15, -0.1) is 11.3 Å². The summed E-state index contributed by atoms with van der Waals surface area (Å²) in [4.78, 5) is 6.65. The molecule has 0 unspecified atom stereocenters. The highest BCUT2D eigenvalue weighted by atomic mass is 32.1. The van der Waals surface area contributed by atoms with Crippen LogP contribution in [0.2, 0.25) is 0 Å². The Labute approximate surface area is 95.1 Å². The van der Waals surface area contributed by atoms with E-state index in [2.05, 4.69) is 47.1 Å². The zero-order chi connectivity index (χ0) is 10.4. The van der Waals surface area contributed by atoms with Crippen LogP contribution in [-0.2, 0) is 6.54 Å². The second kappa shape index (κ2) is 6.22. The maximum Gasteiger partial charge on any atom is 0.0897 e. The Morgan fingerprint density at radius 3 is 2.93 bits per heavy atom. The van der Waals surface area contributed by atoms with Gasteiger partial charge in [0, 0.05) is 24.2 Å². The van der Waals surface area contributed by atoms with Gasteiger partial charge in [0.15, 0.2) is 0 Å². The first-order chi connectivity index (χ1) is 6.72. The minimum atomic E-state index is 0.809. The Kier molecular flexibility index (Phi) is 5.22. The first-order valence-corrected chi connectivity index (χ1v) is 6.09. The van der Waals surface area contributed by atoms with Gasteiger partial charge in [0.05, 0.1) is 10.7 Å². The van der Waals surface area contributed by atoms with Crippen molar-refractivity contribution in [2.75, 3.05) is 19.3 Å². The molecule has 2 nitrogen and oxygen atoms in total. The smallest absolute Gasteiger partial charge is 0.0897 e. The van der Waals surface area contributed by atoms with Crippen molar-refractivity contribution in [3.8, 4) is 0 Å². The van der Waals surface area contributed by atoms with Crippen LogP contribution in [0, 0.1) is 6.92 Å². The molecule has 0 saturated carbocycles. The molecule has 0 aliphatic heterocycles. The van der Waals surface area contributed by atoms with Gasteiger partial charge >= 0.3 is 0 Å². The quantitative estimate of drug-likeness (QED) is 0.615. The number of thiazole rings is 1. The van der Waals surface area contributed by atoms with Gasteiger partial charge in [-0.3, -0.25) is 4.90 Å². The zero-order valence-corrected chi connectivity index (χ0v) is 10.3. The molecular weight excluding hydrogens is 212 g/mol. The minimum Gasteiger partial charge on any atom is -0.297 e. The zero-order valence-electron chi connectivity index (χ0n) is 8.60. The predicted octanol–water partition coefficient (Wildman–Crippen LogP) is 2.37. The molecule has 0 amide bonds. The first-order valence-electron chi connectivity index (χ1n) is 4.57. The standard InChI is InChI=1S/C10H16N2S2/c1-9-11-10(8-14-9)7-12(2)5-3-4-6-13/h3-4,8,13H,5-7H2,1-2H3. The van der Waals surface area contributed by atoms with Crippen LogP contribution in [0.25, 0.3) is 0 Å². The van der Waals surface area contributed by atoms with E-state index < -0.39 is 0 Å². The summed E-state index contributed by atoms with van der Waals surface area (Å²) in [5.74, 6) is 0.809. The van der Waals surface area contributed by atoms with Gasteiger partial charge in [0.1, 0.15) is 0 Å².